The summed E-state index contributed by atoms with van der Waals surface area (Å²) in [5.41, 5.74) is 0.624. The molecule has 2 aromatic rings. The molecule has 1 aromatic carbocycles. The third-order valence-corrected chi connectivity index (χ3v) is 3.57. The highest BCUT2D eigenvalue weighted by atomic mass is 127. The summed E-state index contributed by atoms with van der Waals surface area (Å²) in [5.74, 6) is -1.21. The van der Waals surface area contributed by atoms with E-state index in [-0.39, 0.29) is 11.6 Å². The quantitative estimate of drug-likeness (QED) is 0.767. The van der Waals surface area contributed by atoms with Gasteiger partial charge in [-0.25, -0.2) is 9.78 Å². The van der Waals surface area contributed by atoms with Crippen molar-refractivity contribution in [1.29, 1.82) is 0 Å². The maximum Gasteiger partial charge on any atom is 0.356 e. The summed E-state index contributed by atoms with van der Waals surface area (Å²) in [6, 6.07) is 7.31. The Morgan fingerprint density at radius 3 is 2.75 bits per heavy atom. The summed E-state index contributed by atoms with van der Waals surface area (Å²) in [4.78, 5) is 26.3. The number of nitrogens with one attached hydrogen (secondary N) is 1. The monoisotopic (exact) mass is 385 g/mol. The van der Waals surface area contributed by atoms with Crippen LogP contribution in [0.5, 0.6) is 0 Å². The van der Waals surface area contributed by atoms with Gasteiger partial charge in [-0.1, -0.05) is 12.1 Å². The lowest BCUT2D eigenvalue weighted by Crippen LogP contribution is -2.27. The third kappa shape index (κ3) is 3.56. The van der Waals surface area contributed by atoms with Crippen LogP contribution in [-0.4, -0.2) is 33.1 Å². The van der Waals surface area contributed by atoms with Crippen LogP contribution in [0.2, 0.25) is 0 Å². The molecule has 0 aliphatic heterocycles. The minimum absolute atomic E-state index is 0.00562. The van der Waals surface area contributed by atoms with Crippen LogP contribution in [0.1, 0.15) is 20.8 Å². The molecule has 2 N–H and O–H groups in total. The number of aromatic nitrogens is 2. The second-order valence-electron chi connectivity index (χ2n) is 4.04. The number of rotatable bonds is 5. The van der Waals surface area contributed by atoms with Gasteiger partial charge in [-0.2, -0.15) is 0 Å². The highest BCUT2D eigenvalue weighted by molar-refractivity contribution is 14.1. The first-order chi connectivity index (χ1) is 9.58. The number of amides is 1. The fraction of sp³-hybridized carbons (Fsp3) is 0.154. The Kier molecular flexibility index (Phi) is 4.72. The van der Waals surface area contributed by atoms with Crippen molar-refractivity contribution in [2.45, 2.75) is 6.54 Å². The van der Waals surface area contributed by atoms with Crippen LogP contribution >= 0.6 is 22.6 Å². The highest BCUT2D eigenvalue weighted by Gasteiger charge is 2.09. The number of carbonyl (C=O) groups excluding carboxylic acids is 1. The van der Waals surface area contributed by atoms with E-state index in [0.717, 1.165) is 3.57 Å². The maximum absolute atomic E-state index is 11.9. The fourth-order valence-electron chi connectivity index (χ4n) is 1.63. The second-order valence-corrected chi connectivity index (χ2v) is 5.20. The molecular weight excluding hydrogens is 373 g/mol. The van der Waals surface area contributed by atoms with E-state index >= 15 is 0 Å². The number of halogens is 1. The lowest BCUT2D eigenvalue weighted by molar-refractivity contribution is 0.0690. The van der Waals surface area contributed by atoms with E-state index in [1.807, 2.05) is 18.2 Å². The van der Waals surface area contributed by atoms with E-state index in [1.165, 1.54) is 12.5 Å². The number of imidazole rings is 1. The number of aromatic carboxylic acids is 1. The normalized spacial score (nSPS) is 10.2. The zero-order valence-electron chi connectivity index (χ0n) is 10.4. The van der Waals surface area contributed by atoms with Crippen molar-refractivity contribution in [3.63, 3.8) is 0 Å². The molecule has 1 aromatic heterocycles. The zero-order chi connectivity index (χ0) is 14.5. The summed E-state index contributed by atoms with van der Waals surface area (Å²) >= 11 is 2.11. The van der Waals surface area contributed by atoms with Gasteiger partial charge in [0.05, 0.1) is 11.9 Å². The molecular formula is C13H12IN3O3. The molecule has 104 valence electrons. The van der Waals surface area contributed by atoms with Gasteiger partial charge in [-0.15, -0.1) is 0 Å². The van der Waals surface area contributed by atoms with Gasteiger partial charge >= 0.3 is 5.97 Å². The number of benzene rings is 1. The summed E-state index contributed by atoms with van der Waals surface area (Å²) in [7, 11) is 0. The van der Waals surface area contributed by atoms with E-state index in [2.05, 4.69) is 32.9 Å². The van der Waals surface area contributed by atoms with Gasteiger partial charge in [0.25, 0.3) is 5.91 Å². The van der Waals surface area contributed by atoms with Crippen molar-refractivity contribution < 1.29 is 14.7 Å². The lowest BCUT2D eigenvalue weighted by atomic mass is 10.2. The Morgan fingerprint density at radius 2 is 2.10 bits per heavy atom. The molecule has 0 atom stereocenters. The average Bonchev–Trinajstić information content (AvgIpc) is 2.88. The smallest absolute Gasteiger partial charge is 0.356 e. The largest absolute Gasteiger partial charge is 0.476 e. The van der Waals surface area contributed by atoms with Crippen molar-refractivity contribution in [2.75, 3.05) is 6.54 Å². The summed E-state index contributed by atoms with van der Waals surface area (Å²) in [6.45, 7) is 0.870. The molecule has 0 unspecified atom stereocenters. The molecule has 6 nitrogen and oxygen atoms in total. The van der Waals surface area contributed by atoms with Gasteiger partial charge < -0.3 is 15.0 Å². The molecule has 0 saturated carbocycles. The predicted molar refractivity (Wildman–Crippen MR) is 80.7 cm³/mol. The predicted octanol–water partition coefficient (Wildman–Crippen LogP) is 1.62. The van der Waals surface area contributed by atoms with E-state index in [1.54, 1.807) is 10.6 Å². The van der Waals surface area contributed by atoms with Crippen molar-refractivity contribution >= 4 is 34.5 Å². The first-order valence-corrected chi connectivity index (χ1v) is 6.93. The summed E-state index contributed by atoms with van der Waals surface area (Å²) in [6.07, 6.45) is 2.86. The van der Waals surface area contributed by atoms with Crippen molar-refractivity contribution in [2.24, 2.45) is 0 Å². The Hall–Kier alpha value is -1.90. The molecule has 0 saturated heterocycles. The second kappa shape index (κ2) is 6.51. The average molecular weight is 385 g/mol. The number of nitrogens with zero attached hydrogens (tertiary/aromatic N) is 2. The van der Waals surface area contributed by atoms with Crippen LogP contribution in [0.4, 0.5) is 0 Å². The molecule has 0 spiro atoms. The van der Waals surface area contributed by atoms with E-state index in [4.69, 9.17) is 5.11 Å². The molecule has 2 rings (SSSR count). The third-order valence-electron chi connectivity index (χ3n) is 2.63. The standard InChI is InChI=1S/C13H12IN3O3/c14-10-4-2-1-3-9(10)12(18)15-5-6-17-7-11(13(19)20)16-8-17/h1-4,7-8H,5-6H2,(H,15,18)(H,19,20). The molecule has 0 aliphatic rings. The summed E-state index contributed by atoms with van der Waals surface area (Å²) < 4.78 is 2.51. The summed E-state index contributed by atoms with van der Waals surface area (Å²) in [5, 5.41) is 11.5. The van der Waals surface area contributed by atoms with E-state index < -0.39 is 5.97 Å². The van der Waals surface area contributed by atoms with Gasteiger partial charge in [-0.05, 0) is 34.7 Å². The Morgan fingerprint density at radius 1 is 1.35 bits per heavy atom. The van der Waals surface area contributed by atoms with Gasteiger partial charge in [0.15, 0.2) is 5.69 Å². The van der Waals surface area contributed by atoms with Crippen molar-refractivity contribution in [3.8, 4) is 0 Å². The number of carboxylic acid groups (broad SMARTS) is 1. The van der Waals surface area contributed by atoms with Crippen LogP contribution in [0, 0.1) is 3.57 Å². The highest BCUT2D eigenvalue weighted by Crippen LogP contribution is 2.10. The molecule has 0 radical (unpaired) electrons. The lowest BCUT2D eigenvalue weighted by Gasteiger charge is -2.07. The minimum atomic E-state index is -1.06. The van der Waals surface area contributed by atoms with Gasteiger partial charge in [-0.3, -0.25) is 4.79 Å². The van der Waals surface area contributed by atoms with E-state index in [0.29, 0.717) is 18.7 Å². The van der Waals surface area contributed by atoms with Crippen LogP contribution < -0.4 is 5.32 Å². The first kappa shape index (κ1) is 14.5. The number of carboxylic acids is 1. The van der Waals surface area contributed by atoms with Gasteiger partial charge in [0.1, 0.15) is 0 Å². The van der Waals surface area contributed by atoms with E-state index in [9.17, 15) is 9.59 Å². The van der Waals surface area contributed by atoms with Crippen LogP contribution in [-0.2, 0) is 6.54 Å². The molecule has 0 fully saturated rings. The van der Waals surface area contributed by atoms with Gasteiger partial charge in [0.2, 0.25) is 0 Å². The SMILES string of the molecule is O=C(O)c1cn(CCNC(=O)c2ccccc2I)cn1. The molecule has 20 heavy (non-hydrogen) atoms. The molecule has 0 bridgehead atoms. The van der Waals surface area contributed by atoms with Crippen molar-refractivity contribution in [3.05, 3.63) is 51.6 Å². The molecule has 1 amide bonds. The zero-order valence-corrected chi connectivity index (χ0v) is 12.6. The Bertz CT molecular complexity index is 639. The number of hydrogen-bond acceptors (Lipinski definition) is 3. The van der Waals surface area contributed by atoms with Crippen molar-refractivity contribution in [1.82, 2.24) is 14.9 Å². The van der Waals surface area contributed by atoms with Crippen LogP contribution in [0.15, 0.2) is 36.8 Å². The first-order valence-electron chi connectivity index (χ1n) is 5.85. The van der Waals surface area contributed by atoms with Crippen LogP contribution in [0.3, 0.4) is 0 Å². The Labute approximate surface area is 129 Å². The molecule has 0 aliphatic carbocycles. The maximum atomic E-state index is 11.9. The van der Waals surface area contributed by atoms with Crippen LogP contribution in [0.25, 0.3) is 0 Å². The molecule has 1 heterocycles. The fourth-order valence-corrected chi connectivity index (χ4v) is 2.26. The van der Waals surface area contributed by atoms with Gasteiger partial charge in [0, 0.05) is 22.9 Å². The topological polar surface area (TPSA) is 84.2 Å². The number of hydrogen-bond donors (Lipinski definition) is 2. The number of carbonyl (C=O) groups is 2. The minimum Gasteiger partial charge on any atom is -0.476 e. The Balaban J connectivity index is 1.88. The molecule has 7 heteroatoms.